The highest BCUT2D eigenvalue weighted by molar-refractivity contribution is 7.38. The zero-order valence-corrected chi connectivity index (χ0v) is 13.6. The second-order valence-electron chi connectivity index (χ2n) is 4.66. The summed E-state index contributed by atoms with van der Waals surface area (Å²) in [4.78, 5) is 0. The summed E-state index contributed by atoms with van der Waals surface area (Å²) in [5, 5.41) is 3.13. The fourth-order valence-corrected chi connectivity index (χ4v) is 2.90. The van der Waals surface area contributed by atoms with Gasteiger partial charge in [0.05, 0.1) is 12.8 Å². The van der Waals surface area contributed by atoms with Crippen LogP contribution >= 0.6 is 8.58 Å². The van der Waals surface area contributed by atoms with Gasteiger partial charge in [0.1, 0.15) is 0 Å². The molecule has 3 nitrogen and oxygen atoms in total. The van der Waals surface area contributed by atoms with E-state index < -0.39 is 0 Å². The van der Waals surface area contributed by atoms with Crippen LogP contribution in [0.4, 0.5) is 0 Å². The van der Waals surface area contributed by atoms with E-state index in [1.54, 1.807) is 5.57 Å². The summed E-state index contributed by atoms with van der Waals surface area (Å²) in [5.41, 5.74) is 7.14. The average Bonchev–Trinajstić information content (AvgIpc) is 2.40. The van der Waals surface area contributed by atoms with Gasteiger partial charge in [-0.1, -0.05) is 17.7 Å². The van der Waals surface area contributed by atoms with E-state index in [2.05, 4.69) is 24.9 Å². The Morgan fingerprint density at radius 3 is 2.89 bits per heavy atom. The monoisotopic (exact) mass is 286 g/mol. The molecule has 2 atom stereocenters. The fourth-order valence-electron chi connectivity index (χ4n) is 1.63. The zero-order valence-electron chi connectivity index (χ0n) is 12.6. The average molecular weight is 286 g/mol. The molecular weight excluding hydrogens is 255 g/mol. The minimum atomic E-state index is 0.0555. The van der Waals surface area contributed by atoms with Gasteiger partial charge in [-0.25, -0.2) is 0 Å². The van der Waals surface area contributed by atoms with Crippen LogP contribution in [0, 0.1) is 0 Å². The highest BCUT2D eigenvalue weighted by Gasteiger charge is 1.96. The first-order valence-corrected chi connectivity index (χ1v) is 8.64. The van der Waals surface area contributed by atoms with Crippen LogP contribution in [-0.4, -0.2) is 38.2 Å². The summed E-state index contributed by atoms with van der Waals surface area (Å²) in [7, 11) is 1.02. The van der Waals surface area contributed by atoms with E-state index in [1.165, 1.54) is 18.7 Å². The smallest absolute Gasteiger partial charge is 0.0591 e. The van der Waals surface area contributed by atoms with Crippen molar-refractivity contribution in [1.29, 1.82) is 0 Å². The molecule has 2 unspecified atom stereocenters. The molecule has 0 rings (SSSR count). The third-order valence-electron chi connectivity index (χ3n) is 2.78. The lowest BCUT2D eigenvalue weighted by atomic mass is 10.1. The van der Waals surface area contributed by atoms with Gasteiger partial charge in [-0.3, -0.25) is 0 Å². The fraction of sp³-hybridized carbons (Fsp3) is 0.733. The molecule has 0 amide bonds. The topological polar surface area (TPSA) is 47.3 Å². The van der Waals surface area contributed by atoms with Gasteiger partial charge in [0.25, 0.3) is 0 Å². The Balaban J connectivity index is 3.28. The standard InChI is InChI=1S/C15H31N2OP/c1-4-6-8-15(5-2)13-19-12-7-10-18-11-9-17-14(3)16/h4-5,14,17,19H,1,6-13,16H2,2-3H3/b15-5+. The van der Waals surface area contributed by atoms with Crippen molar-refractivity contribution in [3.05, 3.63) is 24.3 Å². The van der Waals surface area contributed by atoms with Crippen molar-refractivity contribution >= 4 is 8.58 Å². The van der Waals surface area contributed by atoms with Crippen molar-refractivity contribution in [1.82, 2.24) is 5.32 Å². The number of allylic oxidation sites excluding steroid dienone is 3. The van der Waals surface area contributed by atoms with Crippen LogP contribution in [0.15, 0.2) is 24.3 Å². The highest BCUT2D eigenvalue weighted by Crippen LogP contribution is 2.19. The van der Waals surface area contributed by atoms with E-state index in [-0.39, 0.29) is 6.17 Å². The zero-order chi connectivity index (χ0) is 14.3. The third kappa shape index (κ3) is 14.0. The molecule has 0 bridgehead atoms. The molecule has 0 heterocycles. The van der Waals surface area contributed by atoms with Gasteiger partial charge in [0.15, 0.2) is 0 Å². The van der Waals surface area contributed by atoms with Crippen LogP contribution in [-0.2, 0) is 4.74 Å². The largest absolute Gasteiger partial charge is 0.380 e. The molecule has 0 aromatic heterocycles. The summed E-state index contributed by atoms with van der Waals surface area (Å²) < 4.78 is 5.54. The second-order valence-corrected chi connectivity index (χ2v) is 6.01. The van der Waals surface area contributed by atoms with Crippen molar-refractivity contribution in [2.24, 2.45) is 5.73 Å². The van der Waals surface area contributed by atoms with Crippen LogP contribution in [0.3, 0.4) is 0 Å². The van der Waals surface area contributed by atoms with Crippen molar-refractivity contribution in [3.8, 4) is 0 Å². The molecule has 0 aliphatic heterocycles. The van der Waals surface area contributed by atoms with Gasteiger partial charge >= 0.3 is 0 Å². The van der Waals surface area contributed by atoms with Gasteiger partial charge in [0.2, 0.25) is 0 Å². The van der Waals surface area contributed by atoms with Crippen molar-refractivity contribution < 1.29 is 4.74 Å². The van der Waals surface area contributed by atoms with Gasteiger partial charge < -0.3 is 15.8 Å². The van der Waals surface area contributed by atoms with E-state index in [9.17, 15) is 0 Å². The van der Waals surface area contributed by atoms with E-state index in [4.69, 9.17) is 10.5 Å². The van der Waals surface area contributed by atoms with Gasteiger partial charge in [0, 0.05) is 13.2 Å². The first-order chi connectivity index (χ1) is 9.20. The first-order valence-electron chi connectivity index (χ1n) is 7.23. The Bertz CT molecular complexity index is 242. The molecule has 19 heavy (non-hydrogen) atoms. The molecule has 0 aromatic carbocycles. The number of rotatable bonds is 13. The molecule has 0 saturated carbocycles. The minimum absolute atomic E-state index is 0.0555. The molecule has 0 aromatic rings. The summed E-state index contributed by atoms with van der Waals surface area (Å²) in [6.45, 7) is 10.3. The van der Waals surface area contributed by atoms with E-state index in [1.807, 2.05) is 13.0 Å². The molecule has 0 saturated heterocycles. The number of nitrogens with two attached hydrogens (primary N) is 1. The molecule has 3 N–H and O–H groups in total. The Kier molecular flexibility index (Phi) is 14.0. The Labute approximate surface area is 120 Å². The van der Waals surface area contributed by atoms with Crippen LogP contribution in [0.5, 0.6) is 0 Å². The molecule has 0 aliphatic carbocycles. The molecule has 0 fully saturated rings. The maximum Gasteiger partial charge on any atom is 0.0591 e. The van der Waals surface area contributed by atoms with E-state index in [0.29, 0.717) is 0 Å². The van der Waals surface area contributed by atoms with Crippen molar-refractivity contribution in [3.63, 3.8) is 0 Å². The lowest BCUT2D eigenvalue weighted by Gasteiger charge is -2.09. The quantitative estimate of drug-likeness (QED) is 0.237. The number of nitrogens with one attached hydrogen (secondary N) is 1. The molecule has 0 radical (unpaired) electrons. The number of ether oxygens (including phenoxy) is 1. The molecule has 0 aliphatic rings. The Hall–Kier alpha value is -0.210. The predicted octanol–water partition coefficient (Wildman–Crippen LogP) is 2.88. The Morgan fingerprint density at radius 2 is 2.26 bits per heavy atom. The van der Waals surface area contributed by atoms with Crippen LogP contribution < -0.4 is 11.1 Å². The van der Waals surface area contributed by atoms with Crippen LogP contribution in [0.25, 0.3) is 0 Å². The first kappa shape index (κ1) is 18.8. The third-order valence-corrected chi connectivity index (χ3v) is 4.20. The molecule has 112 valence electrons. The van der Waals surface area contributed by atoms with Gasteiger partial charge in [-0.15, -0.1) is 15.2 Å². The normalized spacial score (nSPS) is 14.2. The van der Waals surface area contributed by atoms with Gasteiger partial charge in [-0.05, 0) is 45.4 Å². The second kappa shape index (κ2) is 14.2. The molecule has 4 heteroatoms. The Morgan fingerprint density at radius 1 is 1.47 bits per heavy atom. The summed E-state index contributed by atoms with van der Waals surface area (Å²) in [6.07, 6.45) is 10.3. The van der Waals surface area contributed by atoms with Crippen molar-refractivity contribution in [2.45, 2.75) is 39.3 Å². The summed E-state index contributed by atoms with van der Waals surface area (Å²) in [6, 6.07) is 0. The van der Waals surface area contributed by atoms with Crippen molar-refractivity contribution in [2.75, 3.05) is 32.1 Å². The lowest BCUT2D eigenvalue weighted by molar-refractivity contribution is 0.135. The van der Waals surface area contributed by atoms with E-state index >= 15 is 0 Å². The SMILES string of the molecule is C=CCC/C(=C\C)CPCCCOCCNC(C)N. The molecular formula is C15H31N2OP. The van der Waals surface area contributed by atoms with Crippen LogP contribution in [0.2, 0.25) is 0 Å². The van der Waals surface area contributed by atoms with E-state index in [0.717, 1.165) is 41.2 Å². The minimum Gasteiger partial charge on any atom is -0.380 e. The number of hydrogen-bond donors (Lipinski definition) is 2. The molecule has 0 spiro atoms. The highest BCUT2D eigenvalue weighted by atomic mass is 31.1. The van der Waals surface area contributed by atoms with Crippen LogP contribution in [0.1, 0.15) is 33.1 Å². The van der Waals surface area contributed by atoms with Gasteiger partial charge in [-0.2, -0.15) is 0 Å². The number of hydrogen-bond acceptors (Lipinski definition) is 3. The summed E-state index contributed by atoms with van der Waals surface area (Å²) in [5.74, 6) is 0. The predicted molar refractivity (Wildman–Crippen MR) is 88.3 cm³/mol. The lowest BCUT2D eigenvalue weighted by Crippen LogP contribution is -2.36. The summed E-state index contributed by atoms with van der Waals surface area (Å²) >= 11 is 0. The maximum absolute atomic E-state index is 5.57. The maximum atomic E-state index is 5.57.